The molecule has 0 fully saturated rings. The number of hydrogen-bond donors (Lipinski definition) is 1. The van der Waals surface area contributed by atoms with Crippen molar-refractivity contribution < 1.29 is 4.74 Å². The summed E-state index contributed by atoms with van der Waals surface area (Å²) in [6.45, 7) is 5.89. The van der Waals surface area contributed by atoms with Crippen molar-refractivity contribution in [2.45, 2.75) is 26.4 Å². The molecule has 0 aliphatic heterocycles. The lowest BCUT2D eigenvalue weighted by Gasteiger charge is -2.18. The lowest BCUT2D eigenvalue weighted by molar-refractivity contribution is 0.184. The van der Waals surface area contributed by atoms with Gasteiger partial charge in [0.1, 0.15) is 5.82 Å². The molecule has 0 spiro atoms. The summed E-state index contributed by atoms with van der Waals surface area (Å²) in [5.41, 5.74) is 0.735. The Morgan fingerprint density at radius 3 is 2.85 bits per heavy atom. The molecule has 2 aromatic rings. The average molecular weight is 275 g/mol. The first-order valence-electron chi connectivity index (χ1n) is 6.90. The Hall–Kier alpha value is -1.72. The molecule has 108 valence electrons. The second-order valence-electron chi connectivity index (χ2n) is 4.72. The zero-order chi connectivity index (χ0) is 14.5. The van der Waals surface area contributed by atoms with E-state index in [2.05, 4.69) is 10.3 Å². The fourth-order valence-electron chi connectivity index (χ4n) is 2.31. The van der Waals surface area contributed by atoms with E-state index in [9.17, 15) is 4.79 Å². The van der Waals surface area contributed by atoms with Crippen molar-refractivity contribution in [2.24, 2.45) is 0 Å². The summed E-state index contributed by atoms with van der Waals surface area (Å²) in [6.07, 6.45) is 0. The van der Waals surface area contributed by atoms with Gasteiger partial charge >= 0.3 is 0 Å². The number of aromatic nitrogens is 2. The summed E-state index contributed by atoms with van der Waals surface area (Å²) in [4.78, 5) is 17.3. The molecular weight excluding hydrogens is 254 g/mol. The van der Waals surface area contributed by atoms with E-state index in [1.54, 1.807) is 11.7 Å². The molecule has 1 unspecified atom stereocenters. The standard InChI is InChI=1S/C15H21N3O2/c1-4-16-11(2)14-17-13-8-6-5-7-12(13)15(19)18(14)9-10-20-3/h5-8,11,16H,4,9-10H2,1-3H3. The van der Waals surface area contributed by atoms with Crippen molar-refractivity contribution >= 4 is 10.9 Å². The number of fused-ring (bicyclic) bond motifs is 1. The highest BCUT2D eigenvalue weighted by molar-refractivity contribution is 5.77. The van der Waals surface area contributed by atoms with Crippen molar-refractivity contribution in [1.29, 1.82) is 0 Å². The van der Waals surface area contributed by atoms with Gasteiger partial charge < -0.3 is 10.1 Å². The fourth-order valence-corrected chi connectivity index (χ4v) is 2.31. The summed E-state index contributed by atoms with van der Waals surface area (Å²) in [7, 11) is 1.63. The van der Waals surface area contributed by atoms with Crippen LogP contribution < -0.4 is 10.9 Å². The highest BCUT2D eigenvalue weighted by atomic mass is 16.5. The topological polar surface area (TPSA) is 56.2 Å². The first kappa shape index (κ1) is 14.7. The molecule has 1 heterocycles. The van der Waals surface area contributed by atoms with Crippen LogP contribution in [0.1, 0.15) is 25.7 Å². The third kappa shape index (κ3) is 2.89. The summed E-state index contributed by atoms with van der Waals surface area (Å²) in [5, 5.41) is 3.96. The Morgan fingerprint density at radius 1 is 1.40 bits per heavy atom. The van der Waals surface area contributed by atoms with Crippen LogP contribution >= 0.6 is 0 Å². The van der Waals surface area contributed by atoms with Gasteiger partial charge in [-0.1, -0.05) is 19.1 Å². The third-order valence-electron chi connectivity index (χ3n) is 3.31. The molecular formula is C15H21N3O2. The van der Waals surface area contributed by atoms with Gasteiger partial charge in [-0.05, 0) is 25.6 Å². The van der Waals surface area contributed by atoms with Crippen molar-refractivity contribution in [3.8, 4) is 0 Å². The van der Waals surface area contributed by atoms with Gasteiger partial charge in [-0.3, -0.25) is 9.36 Å². The number of hydrogen-bond acceptors (Lipinski definition) is 4. The van der Waals surface area contributed by atoms with E-state index in [0.717, 1.165) is 17.9 Å². The molecule has 0 radical (unpaired) electrons. The molecule has 5 heteroatoms. The van der Waals surface area contributed by atoms with Gasteiger partial charge in [0.05, 0.1) is 30.1 Å². The SMILES string of the molecule is CCNC(C)c1nc2ccccc2c(=O)n1CCOC. The summed E-state index contributed by atoms with van der Waals surface area (Å²) in [6, 6.07) is 7.47. The average Bonchev–Trinajstić information content (AvgIpc) is 2.46. The minimum atomic E-state index is -0.00703. The van der Waals surface area contributed by atoms with Gasteiger partial charge in [0.15, 0.2) is 0 Å². The maximum absolute atomic E-state index is 12.6. The van der Waals surface area contributed by atoms with E-state index < -0.39 is 0 Å². The Labute approximate surface area is 118 Å². The summed E-state index contributed by atoms with van der Waals surface area (Å²) < 4.78 is 6.81. The molecule has 20 heavy (non-hydrogen) atoms. The van der Waals surface area contributed by atoms with Crippen molar-refractivity contribution in [3.05, 3.63) is 40.4 Å². The Kier molecular flexibility index (Phi) is 4.87. The zero-order valence-corrected chi connectivity index (χ0v) is 12.2. The lowest BCUT2D eigenvalue weighted by atomic mass is 10.2. The Balaban J connectivity index is 2.60. The van der Waals surface area contributed by atoms with E-state index >= 15 is 0 Å². The molecule has 1 aromatic heterocycles. The monoisotopic (exact) mass is 275 g/mol. The molecule has 0 aliphatic rings. The van der Waals surface area contributed by atoms with Crippen LogP contribution in [0.5, 0.6) is 0 Å². The third-order valence-corrected chi connectivity index (χ3v) is 3.31. The number of nitrogens with zero attached hydrogens (tertiary/aromatic N) is 2. The molecule has 1 atom stereocenters. The summed E-state index contributed by atoms with van der Waals surface area (Å²) in [5.74, 6) is 0.757. The van der Waals surface area contributed by atoms with Crippen molar-refractivity contribution in [3.63, 3.8) is 0 Å². The minimum Gasteiger partial charge on any atom is -0.383 e. The molecule has 0 amide bonds. The first-order valence-corrected chi connectivity index (χ1v) is 6.90. The van der Waals surface area contributed by atoms with Gasteiger partial charge in [-0.25, -0.2) is 4.98 Å². The fraction of sp³-hybridized carbons (Fsp3) is 0.467. The molecule has 0 saturated carbocycles. The van der Waals surface area contributed by atoms with Crippen LogP contribution in [-0.2, 0) is 11.3 Å². The number of methoxy groups -OCH3 is 1. The van der Waals surface area contributed by atoms with E-state index in [4.69, 9.17) is 4.74 Å². The largest absolute Gasteiger partial charge is 0.383 e. The maximum Gasteiger partial charge on any atom is 0.261 e. The second kappa shape index (κ2) is 6.63. The molecule has 5 nitrogen and oxygen atoms in total. The molecule has 0 bridgehead atoms. The van der Waals surface area contributed by atoms with Gasteiger partial charge in [0.25, 0.3) is 5.56 Å². The smallest absolute Gasteiger partial charge is 0.261 e. The van der Waals surface area contributed by atoms with Crippen LogP contribution in [0.2, 0.25) is 0 Å². The maximum atomic E-state index is 12.6. The van der Waals surface area contributed by atoms with Gasteiger partial charge in [-0.15, -0.1) is 0 Å². The number of ether oxygens (including phenoxy) is 1. The number of nitrogens with one attached hydrogen (secondary N) is 1. The lowest BCUT2D eigenvalue weighted by Crippen LogP contribution is -2.32. The van der Waals surface area contributed by atoms with E-state index in [1.165, 1.54) is 0 Å². The van der Waals surface area contributed by atoms with Crippen LogP contribution in [0.4, 0.5) is 0 Å². The quantitative estimate of drug-likeness (QED) is 0.872. The van der Waals surface area contributed by atoms with Crippen LogP contribution in [0.15, 0.2) is 29.1 Å². The van der Waals surface area contributed by atoms with Crippen LogP contribution in [0.3, 0.4) is 0 Å². The van der Waals surface area contributed by atoms with Gasteiger partial charge in [-0.2, -0.15) is 0 Å². The zero-order valence-electron chi connectivity index (χ0n) is 12.2. The van der Waals surface area contributed by atoms with Crippen molar-refractivity contribution in [2.75, 3.05) is 20.3 Å². The molecule has 1 N–H and O–H groups in total. The van der Waals surface area contributed by atoms with Crippen molar-refractivity contribution in [1.82, 2.24) is 14.9 Å². The summed E-state index contributed by atoms with van der Waals surface area (Å²) >= 11 is 0. The van der Waals surface area contributed by atoms with Gasteiger partial charge in [0.2, 0.25) is 0 Å². The predicted octanol–water partition coefficient (Wildman–Crippen LogP) is 1.71. The predicted molar refractivity (Wildman–Crippen MR) is 80.0 cm³/mol. The van der Waals surface area contributed by atoms with Gasteiger partial charge in [0, 0.05) is 7.11 Å². The van der Waals surface area contributed by atoms with E-state index in [0.29, 0.717) is 18.5 Å². The van der Waals surface area contributed by atoms with Crippen LogP contribution in [0, 0.1) is 0 Å². The molecule has 0 aliphatic carbocycles. The normalized spacial score (nSPS) is 12.8. The highest BCUT2D eigenvalue weighted by Crippen LogP contribution is 2.13. The molecule has 1 aromatic carbocycles. The van der Waals surface area contributed by atoms with E-state index in [-0.39, 0.29) is 11.6 Å². The Morgan fingerprint density at radius 2 is 2.15 bits per heavy atom. The molecule has 0 saturated heterocycles. The number of para-hydroxylation sites is 1. The number of benzene rings is 1. The number of rotatable bonds is 6. The minimum absolute atomic E-state index is 0.00703. The first-order chi connectivity index (χ1) is 9.69. The molecule has 2 rings (SSSR count). The second-order valence-corrected chi connectivity index (χ2v) is 4.72. The Bertz CT molecular complexity index is 637. The highest BCUT2D eigenvalue weighted by Gasteiger charge is 2.15. The van der Waals surface area contributed by atoms with E-state index in [1.807, 2.05) is 38.1 Å². The van der Waals surface area contributed by atoms with Crippen LogP contribution in [-0.4, -0.2) is 29.8 Å². The van der Waals surface area contributed by atoms with Crippen LogP contribution in [0.25, 0.3) is 10.9 Å².